The second kappa shape index (κ2) is 4.14. The van der Waals surface area contributed by atoms with Gasteiger partial charge in [0.05, 0.1) is 12.3 Å². The summed E-state index contributed by atoms with van der Waals surface area (Å²) in [6.45, 7) is 2.14. The molecule has 0 amide bonds. The number of aliphatic imine (C=N–C) groups is 1. The van der Waals surface area contributed by atoms with Gasteiger partial charge in [-0.3, -0.25) is 4.99 Å². The van der Waals surface area contributed by atoms with Crippen LogP contribution in [0, 0.1) is 5.92 Å². The highest BCUT2D eigenvalue weighted by atomic mass is 16.5. The maximum absolute atomic E-state index is 11.5. The number of rotatable bonds is 3. The largest absolute Gasteiger partial charge is 0.465 e. The first-order valence-corrected chi connectivity index (χ1v) is 5.43. The smallest absolute Gasteiger partial charge is 0.329 e. The second-order valence-corrected chi connectivity index (χ2v) is 3.92. The van der Waals surface area contributed by atoms with Crippen molar-refractivity contribution in [1.82, 2.24) is 0 Å². The number of ether oxygens (including phenoxy) is 1. The minimum atomic E-state index is -0.695. The molecule has 0 bridgehead atoms. The third kappa shape index (κ3) is 1.81. The van der Waals surface area contributed by atoms with Crippen molar-refractivity contribution in [2.45, 2.75) is 32.2 Å². The van der Waals surface area contributed by atoms with E-state index in [0.29, 0.717) is 12.5 Å². The number of nitrogens with two attached hydrogens (primary N) is 1. The van der Waals surface area contributed by atoms with E-state index in [2.05, 4.69) is 4.99 Å². The van der Waals surface area contributed by atoms with Crippen LogP contribution in [0.15, 0.2) is 16.3 Å². The quantitative estimate of drug-likeness (QED) is 0.704. The van der Waals surface area contributed by atoms with Crippen molar-refractivity contribution in [3.8, 4) is 0 Å². The Bertz CT molecular complexity index is 333. The number of fused-ring (bicyclic) bond motifs is 1. The third-order valence-corrected chi connectivity index (χ3v) is 2.97. The zero-order chi connectivity index (χ0) is 10.8. The summed E-state index contributed by atoms with van der Waals surface area (Å²) in [7, 11) is 0. The first-order chi connectivity index (χ1) is 7.24. The summed E-state index contributed by atoms with van der Waals surface area (Å²) in [5.41, 5.74) is 7.81. The molecule has 82 valence electrons. The molecule has 0 aromatic heterocycles. The fraction of sp³-hybridized carbons (Fsp3) is 0.636. The molecular formula is C11H16N2O2. The Morgan fingerprint density at radius 3 is 3.33 bits per heavy atom. The van der Waals surface area contributed by atoms with Crippen LogP contribution in [0.1, 0.15) is 26.2 Å². The molecule has 1 heterocycles. The SMILES string of the molecule is CCOC(=O)C(N)C1=C2CCCC2C=N1. The van der Waals surface area contributed by atoms with Crippen molar-refractivity contribution in [3.63, 3.8) is 0 Å². The molecule has 1 aliphatic carbocycles. The second-order valence-electron chi connectivity index (χ2n) is 3.92. The van der Waals surface area contributed by atoms with Crippen LogP contribution >= 0.6 is 0 Å². The molecular weight excluding hydrogens is 192 g/mol. The fourth-order valence-corrected chi connectivity index (χ4v) is 2.23. The molecule has 2 rings (SSSR count). The van der Waals surface area contributed by atoms with Gasteiger partial charge >= 0.3 is 5.97 Å². The molecule has 1 saturated carbocycles. The van der Waals surface area contributed by atoms with Crippen molar-refractivity contribution < 1.29 is 9.53 Å². The summed E-state index contributed by atoms with van der Waals surface area (Å²) in [5, 5.41) is 0. The van der Waals surface area contributed by atoms with Gasteiger partial charge in [-0.25, -0.2) is 4.79 Å². The Morgan fingerprint density at radius 1 is 1.80 bits per heavy atom. The monoisotopic (exact) mass is 208 g/mol. The average molecular weight is 208 g/mol. The molecule has 2 unspecified atom stereocenters. The molecule has 4 heteroatoms. The number of hydrogen-bond acceptors (Lipinski definition) is 4. The van der Waals surface area contributed by atoms with Crippen LogP contribution in [0.2, 0.25) is 0 Å². The normalized spacial score (nSPS) is 25.6. The van der Waals surface area contributed by atoms with Gasteiger partial charge in [-0.15, -0.1) is 0 Å². The van der Waals surface area contributed by atoms with E-state index in [1.165, 1.54) is 12.0 Å². The van der Waals surface area contributed by atoms with E-state index >= 15 is 0 Å². The first kappa shape index (κ1) is 10.4. The van der Waals surface area contributed by atoms with Crippen LogP contribution in [0.25, 0.3) is 0 Å². The number of hydrogen-bond donors (Lipinski definition) is 1. The number of nitrogens with zero attached hydrogens (tertiary/aromatic N) is 1. The molecule has 2 atom stereocenters. The highest BCUT2D eigenvalue weighted by Crippen LogP contribution is 2.37. The van der Waals surface area contributed by atoms with Gasteiger partial charge in [-0.1, -0.05) is 0 Å². The van der Waals surface area contributed by atoms with Crippen LogP contribution in [-0.2, 0) is 9.53 Å². The molecule has 0 aromatic rings. The lowest BCUT2D eigenvalue weighted by Gasteiger charge is -2.11. The molecule has 0 spiro atoms. The maximum atomic E-state index is 11.5. The maximum Gasteiger partial charge on any atom is 0.329 e. The van der Waals surface area contributed by atoms with Crippen molar-refractivity contribution in [1.29, 1.82) is 0 Å². The van der Waals surface area contributed by atoms with Crippen molar-refractivity contribution in [3.05, 3.63) is 11.3 Å². The Hall–Kier alpha value is -1.16. The van der Waals surface area contributed by atoms with Gasteiger partial charge in [0.1, 0.15) is 6.04 Å². The number of allylic oxidation sites excluding steroid dienone is 1. The molecule has 4 nitrogen and oxygen atoms in total. The first-order valence-electron chi connectivity index (χ1n) is 5.43. The van der Waals surface area contributed by atoms with E-state index in [1.807, 2.05) is 6.21 Å². The van der Waals surface area contributed by atoms with Gasteiger partial charge in [-0.2, -0.15) is 0 Å². The summed E-state index contributed by atoms with van der Waals surface area (Å²) in [6.07, 6.45) is 5.24. The summed E-state index contributed by atoms with van der Waals surface area (Å²) in [5.74, 6) is 0.0603. The Kier molecular flexibility index (Phi) is 2.86. The van der Waals surface area contributed by atoms with Gasteiger partial charge in [0.25, 0.3) is 0 Å². The van der Waals surface area contributed by atoms with Crippen molar-refractivity contribution in [2.24, 2.45) is 16.6 Å². The van der Waals surface area contributed by atoms with Gasteiger partial charge in [0.15, 0.2) is 0 Å². The zero-order valence-corrected chi connectivity index (χ0v) is 8.90. The molecule has 1 fully saturated rings. The van der Waals surface area contributed by atoms with E-state index in [9.17, 15) is 4.79 Å². The minimum absolute atomic E-state index is 0.363. The minimum Gasteiger partial charge on any atom is -0.465 e. The van der Waals surface area contributed by atoms with Crippen LogP contribution in [0.3, 0.4) is 0 Å². The lowest BCUT2D eigenvalue weighted by molar-refractivity contribution is -0.143. The lowest BCUT2D eigenvalue weighted by Crippen LogP contribution is -2.34. The predicted octanol–water partition coefficient (Wildman–Crippen LogP) is 1.02. The van der Waals surface area contributed by atoms with Gasteiger partial charge in [0.2, 0.25) is 0 Å². The number of carbonyl (C=O) groups excluding carboxylic acids is 1. The standard InChI is InChI=1S/C11H16N2O2/c1-2-15-11(14)9(12)10-8-5-3-4-7(8)6-13-10/h6-7,9H,2-5,12H2,1H3. The Balaban J connectivity index is 2.13. The van der Waals surface area contributed by atoms with E-state index < -0.39 is 6.04 Å². The average Bonchev–Trinajstić information content (AvgIpc) is 2.77. The Labute approximate surface area is 89.2 Å². The summed E-state index contributed by atoms with van der Waals surface area (Å²) >= 11 is 0. The molecule has 2 N–H and O–H groups in total. The number of esters is 1. The molecule has 1 aliphatic heterocycles. The third-order valence-electron chi connectivity index (χ3n) is 2.97. The Morgan fingerprint density at radius 2 is 2.60 bits per heavy atom. The van der Waals surface area contributed by atoms with Crippen LogP contribution in [0.5, 0.6) is 0 Å². The highest BCUT2D eigenvalue weighted by Gasteiger charge is 2.32. The van der Waals surface area contributed by atoms with Crippen LogP contribution < -0.4 is 5.73 Å². The van der Waals surface area contributed by atoms with Crippen molar-refractivity contribution >= 4 is 12.2 Å². The van der Waals surface area contributed by atoms with E-state index in [0.717, 1.165) is 18.5 Å². The fourth-order valence-electron chi connectivity index (χ4n) is 2.23. The van der Waals surface area contributed by atoms with E-state index in [1.54, 1.807) is 6.92 Å². The molecule has 0 aromatic carbocycles. The van der Waals surface area contributed by atoms with Crippen molar-refractivity contribution in [2.75, 3.05) is 6.61 Å². The number of carbonyl (C=O) groups is 1. The summed E-state index contributed by atoms with van der Waals surface area (Å²) in [6, 6.07) is -0.695. The zero-order valence-electron chi connectivity index (χ0n) is 8.90. The predicted molar refractivity (Wildman–Crippen MR) is 57.5 cm³/mol. The van der Waals surface area contributed by atoms with Crippen LogP contribution in [0.4, 0.5) is 0 Å². The summed E-state index contributed by atoms with van der Waals surface area (Å²) in [4.78, 5) is 15.7. The summed E-state index contributed by atoms with van der Waals surface area (Å²) < 4.78 is 4.89. The highest BCUT2D eigenvalue weighted by molar-refractivity contribution is 5.83. The van der Waals surface area contributed by atoms with Gasteiger partial charge < -0.3 is 10.5 Å². The molecule has 2 aliphatic rings. The van der Waals surface area contributed by atoms with E-state index in [-0.39, 0.29) is 5.97 Å². The van der Waals surface area contributed by atoms with Gasteiger partial charge in [0, 0.05) is 12.1 Å². The van der Waals surface area contributed by atoms with Gasteiger partial charge in [-0.05, 0) is 31.8 Å². The lowest BCUT2D eigenvalue weighted by atomic mass is 10.0. The van der Waals surface area contributed by atoms with Crippen LogP contribution in [-0.4, -0.2) is 24.8 Å². The van der Waals surface area contributed by atoms with E-state index in [4.69, 9.17) is 10.5 Å². The molecule has 0 saturated heterocycles. The molecule has 15 heavy (non-hydrogen) atoms. The topological polar surface area (TPSA) is 64.7 Å². The molecule has 0 radical (unpaired) electrons.